The first kappa shape index (κ1) is 21.6. The Morgan fingerprint density at radius 2 is 1.66 bits per heavy atom. The molecule has 1 atom stereocenters. The monoisotopic (exact) mass is 427 g/mol. The molecule has 4 rings (SSSR count). The van der Waals surface area contributed by atoms with Crippen LogP contribution in [0.3, 0.4) is 0 Å². The van der Waals surface area contributed by atoms with Crippen LogP contribution in [0.1, 0.15) is 36.1 Å². The molecule has 3 aromatic carbocycles. The van der Waals surface area contributed by atoms with Gasteiger partial charge in [-0.25, -0.2) is 0 Å². The van der Waals surface area contributed by atoms with Crippen molar-refractivity contribution >= 4 is 23.2 Å². The minimum Gasteiger partial charge on any atom is -0.370 e. The summed E-state index contributed by atoms with van der Waals surface area (Å²) in [5.41, 5.74) is 5.37. The smallest absolute Gasteiger partial charge is 0.226 e. The Morgan fingerprint density at radius 1 is 0.969 bits per heavy atom. The van der Waals surface area contributed by atoms with E-state index in [1.807, 2.05) is 65.6 Å². The third kappa shape index (κ3) is 4.99. The largest absolute Gasteiger partial charge is 0.370 e. The lowest BCUT2D eigenvalue weighted by molar-refractivity contribution is -0.132. The van der Waals surface area contributed by atoms with Gasteiger partial charge in [-0.1, -0.05) is 54.6 Å². The molecule has 164 valence electrons. The molecule has 32 heavy (non-hydrogen) atoms. The summed E-state index contributed by atoms with van der Waals surface area (Å²) < 4.78 is 0. The normalized spacial score (nSPS) is 15.1. The zero-order valence-electron chi connectivity index (χ0n) is 18.6. The van der Waals surface area contributed by atoms with Gasteiger partial charge in [0.25, 0.3) is 0 Å². The first-order chi connectivity index (χ1) is 15.5. The highest BCUT2D eigenvalue weighted by Gasteiger charge is 2.30. The van der Waals surface area contributed by atoms with Crippen LogP contribution in [0.2, 0.25) is 0 Å². The number of hydrogen-bond acceptors (Lipinski definition) is 3. The Balaban J connectivity index is 1.41. The number of nitrogens with one attached hydrogen (secondary N) is 1. The maximum absolute atomic E-state index is 12.9. The fourth-order valence-corrected chi connectivity index (χ4v) is 4.38. The lowest BCUT2D eigenvalue weighted by Gasteiger charge is -2.36. The molecule has 0 saturated heterocycles. The average Bonchev–Trinajstić information content (AvgIpc) is 2.80. The van der Waals surface area contributed by atoms with E-state index in [2.05, 4.69) is 35.5 Å². The number of anilines is 2. The Morgan fingerprint density at radius 3 is 2.38 bits per heavy atom. The highest BCUT2D eigenvalue weighted by Crippen LogP contribution is 2.32. The molecule has 3 aromatic rings. The van der Waals surface area contributed by atoms with E-state index in [1.54, 1.807) is 6.92 Å². The molecule has 0 saturated carbocycles. The molecule has 0 radical (unpaired) electrons. The van der Waals surface area contributed by atoms with Crippen molar-refractivity contribution in [2.45, 2.75) is 32.4 Å². The predicted octanol–water partition coefficient (Wildman–Crippen LogP) is 4.80. The molecule has 1 aliphatic heterocycles. The molecule has 5 nitrogen and oxygen atoms in total. The van der Waals surface area contributed by atoms with Crippen molar-refractivity contribution in [3.63, 3.8) is 0 Å². The molecule has 0 aliphatic carbocycles. The van der Waals surface area contributed by atoms with E-state index in [1.165, 1.54) is 11.1 Å². The van der Waals surface area contributed by atoms with Gasteiger partial charge in [-0.15, -0.1) is 0 Å². The lowest BCUT2D eigenvalue weighted by Crippen LogP contribution is -2.40. The number of amides is 2. The zero-order valence-corrected chi connectivity index (χ0v) is 18.6. The third-order valence-electron chi connectivity index (χ3n) is 6.05. The molecule has 0 spiro atoms. The van der Waals surface area contributed by atoms with E-state index in [-0.39, 0.29) is 24.3 Å². The fourth-order valence-electron chi connectivity index (χ4n) is 4.38. The Bertz CT molecular complexity index is 1080. The standard InChI is InChI=1S/C27H29N3O2/c1-20(31)30-17-16-22-10-6-7-11-25(22)26(30)18-27(32)28-23-12-14-24(15-13-23)29(2)19-21-8-4-3-5-9-21/h3-15,26H,16-19H2,1-2H3,(H,28,32). The molecule has 1 heterocycles. The third-order valence-corrected chi connectivity index (χ3v) is 6.05. The number of nitrogens with zero attached hydrogens (tertiary/aromatic N) is 2. The molecule has 5 heteroatoms. The molecular weight excluding hydrogens is 398 g/mol. The number of hydrogen-bond donors (Lipinski definition) is 1. The molecule has 0 fully saturated rings. The average molecular weight is 428 g/mol. The van der Waals surface area contributed by atoms with Crippen LogP contribution in [-0.2, 0) is 22.6 Å². The van der Waals surface area contributed by atoms with Gasteiger partial charge in [0.2, 0.25) is 11.8 Å². The summed E-state index contributed by atoms with van der Waals surface area (Å²) in [5.74, 6) is -0.0912. The number of carbonyl (C=O) groups is 2. The number of benzene rings is 3. The van der Waals surface area contributed by atoms with E-state index in [0.29, 0.717) is 6.54 Å². The van der Waals surface area contributed by atoms with E-state index >= 15 is 0 Å². The SMILES string of the molecule is CC(=O)N1CCc2ccccc2C1CC(=O)Nc1ccc(N(C)Cc2ccccc2)cc1. The van der Waals surface area contributed by atoms with Crippen molar-refractivity contribution in [1.82, 2.24) is 4.90 Å². The highest BCUT2D eigenvalue weighted by atomic mass is 16.2. The second-order valence-corrected chi connectivity index (χ2v) is 8.32. The molecule has 1 unspecified atom stereocenters. The van der Waals surface area contributed by atoms with Gasteiger partial charge in [-0.05, 0) is 47.4 Å². The van der Waals surface area contributed by atoms with Crippen LogP contribution in [-0.4, -0.2) is 30.3 Å². The predicted molar refractivity (Wildman–Crippen MR) is 129 cm³/mol. The molecule has 0 aromatic heterocycles. The summed E-state index contributed by atoms with van der Waals surface area (Å²) in [6.07, 6.45) is 1.07. The number of carbonyl (C=O) groups excluding carboxylic acids is 2. The van der Waals surface area contributed by atoms with Crippen LogP contribution in [0.15, 0.2) is 78.9 Å². The Kier molecular flexibility index (Phi) is 6.55. The molecule has 1 aliphatic rings. The second kappa shape index (κ2) is 9.69. The maximum atomic E-state index is 12.9. The van der Waals surface area contributed by atoms with Crippen LogP contribution in [0.5, 0.6) is 0 Å². The van der Waals surface area contributed by atoms with Crippen LogP contribution in [0.4, 0.5) is 11.4 Å². The summed E-state index contributed by atoms with van der Waals surface area (Å²) in [6, 6.07) is 26.1. The number of fused-ring (bicyclic) bond motifs is 1. The van der Waals surface area contributed by atoms with Gasteiger partial charge in [-0.2, -0.15) is 0 Å². The minimum atomic E-state index is -0.228. The van der Waals surface area contributed by atoms with Crippen molar-refractivity contribution < 1.29 is 9.59 Å². The van der Waals surface area contributed by atoms with Gasteiger partial charge >= 0.3 is 0 Å². The summed E-state index contributed by atoms with van der Waals surface area (Å²) >= 11 is 0. The lowest BCUT2D eigenvalue weighted by atomic mass is 9.90. The first-order valence-corrected chi connectivity index (χ1v) is 11.0. The molecule has 1 N–H and O–H groups in total. The van der Waals surface area contributed by atoms with Gasteiger partial charge in [0, 0.05) is 38.4 Å². The number of rotatable bonds is 6. The molecule has 0 bridgehead atoms. The fraction of sp³-hybridized carbons (Fsp3) is 0.259. The highest BCUT2D eigenvalue weighted by molar-refractivity contribution is 5.92. The summed E-state index contributed by atoms with van der Waals surface area (Å²) in [4.78, 5) is 29.0. The Labute approximate surface area is 189 Å². The van der Waals surface area contributed by atoms with Crippen LogP contribution < -0.4 is 10.2 Å². The van der Waals surface area contributed by atoms with E-state index in [0.717, 1.165) is 29.9 Å². The topological polar surface area (TPSA) is 52.7 Å². The van der Waals surface area contributed by atoms with Gasteiger partial charge in [-0.3, -0.25) is 9.59 Å². The van der Waals surface area contributed by atoms with Gasteiger partial charge in [0.05, 0.1) is 12.5 Å². The quantitative estimate of drug-likeness (QED) is 0.615. The maximum Gasteiger partial charge on any atom is 0.226 e. The van der Waals surface area contributed by atoms with Crippen LogP contribution >= 0.6 is 0 Å². The molecular formula is C27H29N3O2. The Hall–Kier alpha value is -3.60. The van der Waals surface area contributed by atoms with Gasteiger partial charge in [0.1, 0.15) is 0 Å². The molecule has 2 amide bonds. The second-order valence-electron chi connectivity index (χ2n) is 8.32. The van der Waals surface area contributed by atoms with E-state index in [4.69, 9.17) is 0 Å². The van der Waals surface area contributed by atoms with Crippen LogP contribution in [0, 0.1) is 0 Å². The zero-order chi connectivity index (χ0) is 22.5. The van der Waals surface area contributed by atoms with Crippen molar-refractivity contribution in [1.29, 1.82) is 0 Å². The van der Waals surface area contributed by atoms with E-state index < -0.39 is 0 Å². The van der Waals surface area contributed by atoms with Crippen molar-refractivity contribution in [2.75, 3.05) is 23.8 Å². The van der Waals surface area contributed by atoms with Gasteiger partial charge < -0.3 is 15.1 Å². The minimum absolute atomic E-state index is 0.00288. The van der Waals surface area contributed by atoms with Crippen molar-refractivity contribution in [3.05, 3.63) is 95.6 Å². The van der Waals surface area contributed by atoms with Crippen molar-refractivity contribution in [2.24, 2.45) is 0 Å². The van der Waals surface area contributed by atoms with Crippen molar-refractivity contribution in [3.8, 4) is 0 Å². The first-order valence-electron chi connectivity index (χ1n) is 11.0. The van der Waals surface area contributed by atoms with Gasteiger partial charge in [0.15, 0.2) is 0 Å². The summed E-state index contributed by atoms with van der Waals surface area (Å²) in [7, 11) is 2.05. The summed E-state index contributed by atoms with van der Waals surface area (Å²) in [5, 5.41) is 3.00. The van der Waals surface area contributed by atoms with E-state index in [9.17, 15) is 9.59 Å². The van der Waals surface area contributed by atoms with Crippen LogP contribution in [0.25, 0.3) is 0 Å². The summed E-state index contributed by atoms with van der Waals surface area (Å²) in [6.45, 7) is 3.03.